The Balaban J connectivity index is 1.55. The van der Waals surface area contributed by atoms with E-state index in [0.29, 0.717) is 23.7 Å². The number of rotatable bonds is 6. The molecule has 3 rings (SSSR count). The van der Waals surface area contributed by atoms with E-state index in [4.69, 9.17) is 9.47 Å². The number of amides is 1. The lowest BCUT2D eigenvalue weighted by Crippen LogP contribution is -2.48. The highest BCUT2D eigenvalue weighted by molar-refractivity contribution is 5.93. The summed E-state index contributed by atoms with van der Waals surface area (Å²) in [5, 5.41) is 2.94. The van der Waals surface area contributed by atoms with E-state index in [0.717, 1.165) is 26.2 Å². The molecule has 0 spiro atoms. The predicted octanol–water partition coefficient (Wildman–Crippen LogP) is 3.08. The molecule has 0 aliphatic carbocycles. The fourth-order valence-electron chi connectivity index (χ4n) is 3.52. The number of nitrogens with zero attached hydrogens (tertiary/aromatic N) is 2. The monoisotopic (exact) mass is 383 g/mol. The molecule has 1 N–H and O–H groups in total. The molecule has 2 aromatic rings. The lowest BCUT2D eigenvalue weighted by Gasteiger charge is -2.36. The van der Waals surface area contributed by atoms with Gasteiger partial charge in [-0.3, -0.25) is 9.69 Å². The average molecular weight is 383 g/mol. The van der Waals surface area contributed by atoms with Gasteiger partial charge >= 0.3 is 0 Å². The second kappa shape index (κ2) is 8.97. The summed E-state index contributed by atoms with van der Waals surface area (Å²) in [5.74, 6) is 1.24. The van der Waals surface area contributed by atoms with Crippen molar-refractivity contribution in [1.29, 1.82) is 0 Å². The first-order valence-corrected chi connectivity index (χ1v) is 9.57. The van der Waals surface area contributed by atoms with Crippen molar-refractivity contribution in [3.8, 4) is 11.5 Å². The zero-order valence-electron chi connectivity index (χ0n) is 17.1. The van der Waals surface area contributed by atoms with Crippen LogP contribution >= 0.6 is 0 Å². The Morgan fingerprint density at radius 3 is 2.46 bits per heavy atom. The van der Waals surface area contributed by atoms with Gasteiger partial charge in [-0.15, -0.1) is 0 Å². The maximum atomic E-state index is 12.5. The van der Waals surface area contributed by atoms with Crippen molar-refractivity contribution in [2.45, 2.75) is 13.8 Å². The van der Waals surface area contributed by atoms with Gasteiger partial charge in [0, 0.05) is 37.9 Å². The molecule has 6 heteroatoms. The molecule has 1 saturated heterocycles. The molecule has 0 atom stereocenters. The van der Waals surface area contributed by atoms with Crippen LogP contribution in [0.1, 0.15) is 11.1 Å². The van der Waals surface area contributed by atoms with E-state index in [9.17, 15) is 4.79 Å². The molecule has 2 aromatic carbocycles. The molecule has 28 heavy (non-hydrogen) atoms. The number of ether oxygens (including phenoxy) is 2. The van der Waals surface area contributed by atoms with Crippen LogP contribution in [0.25, 0.3) is 0 Å². The molecule has 1 aliphatic rings. The molecule has 150 valence electrons. The number of methoxy groups -OCH3 is 2. The predicted molar refractivity (Wildman–Crippen MR) is 113 cm³/mol. The van der Waals surface area contributed by atoms with Gasteiger partial charge < -0.3 is 19.7 Å². The van der Waals surface area contributed by atoms with Gasteiger partial charge in [-0.05, 0) is 43.2 Å². The Morgan fingerprint density at radius 1 is 1.04 bits per heavy atom. The SMILES string of the molecule is COc1ccc(NC(=O)CN2CCN(c3cccc(C)c3C)CC2)c(OC)c1. The van der Waals surface area contributed by atoms with Gasteiger partial charge in [0.05, 0.1) is 26.5 Å². The number of anilines is 2. The topological polar surface area (TPSA) is 54.0 Å². The standard InChI is InChI=1S/C22H29N3O3/c1-16-6-5-7-20(17(16)2)25-12-10-24(11-13-25)15-22(26)23-19-9-8-18(27-3)14-21(19)28-4/h5-9,14H,10-13,15H2,1-4H3,(H,23,26). The van der Waals surface area contributed by atoms with E-state index in [1.807, 2.05) is 0 Å². The van der Waals surface area contributed by atoms with Crippen molar-refractivity contribution in [1.82, 2.24) is 4.90 Å². The number of aryl methyl sites for hydroxylation is 1. The molecule has 6 nitrogen and oxygen atoms in total. The van der Waals surface area contributed by atoms with E-state index in [-0.39, 0.29) is 5.91 Å². The summed E-state index contributed by atoms with van der Waals surface area (Å²) in [5.41, 5.74) is 4.60. The van der Waals surface area contributed by atoms with E-state index < -0.39 is 0 Å². The van der Waals surface area contributed by atoms with Crippen LogP contribution in [-0.2, 0) is 4.79 Å². The normalized spacial score (nSPS) is 14.6. The molecule has 1 amide bonds. The van der Waals surface area contributed by atoms with Gasteiger partial charge in [-0.25, -0.2) is 0 Å². The van der Waals surface area contributed by atoms with Crippen LogP contribution in [0.4, 0.5) is 11.4 Å². The third-order valence-electron chi connectivity index (χ3n) is 5.34. The van der Waals surface area contributed by atoms with Crippen molar-refractivity contribution in [3.05, 3.63) is 47.5 Å². The van der Waals surface area contributed by atoms with Crippen molar-refractivity contribution in [3.63, 3.8) is 0 Å². The van der Waals surface area contributed by atoms with Crippen LogP contribution in [0, 0.1) is 13.8 Å². The summed E-state index contributed by atoms with van der Waals surface area (Å²) < 4.78 is 10.5. The van der Waals surface area contributed by atoms with Crippen LogP contribution in [0.3, 0.4) is 0 Å². The quantitative estimate of drug-likeness (QED) is 0.831. The van der Waals surface area contributed by atoms with Crippen LogP contribution in [-0.4, -0.2) is 57.8 Å². The number of hydrogen-bond acceptors (Lipinski definition) is 5. The Kier molecular flexibility index (Phi) is 6.41. The first kappa shape index (κ1) is 20.0. The van der Waals surface area contributed by atoms with Crippen LogP contribution in [0.15, 0.2) is 36.4 Å². The second-order valence-electron chi connectivity index (χ2n) is 7.10. The van der Waals surface area contributed by atoms with Gasteiger partial charge in [-0.2, -0.15) is 0 Å². The van der Waals surface area contributed by atoms with E-state index in [1.165, 1.54) is 16.8 Å². The summed E-state index contributed by atoms with van der Waals surface area (Å²) in [7, 11) is 3.18. The zero-order chi connectivity index (χ0) is 20.1. The van der Waals surface area contributed by atoms with Gasteiger partial charge in [0.15, 0.2) is 0 Å². The summed E-state index contributed by atoms with van der Waals surface area (Å²) in [6.07, 6.45) is 0. The van der Waals surface area contributed by atoms with E-state index >= 15 is 0 Å². The molecule has 0 aromatic heterocycles. The van der Waals surface area contributed by atoms with Gasteiger partial charge in [-0.1, -0.05) is 12.1 Å². The number of hydrogen-bond donors (Lipinski definition) is 1. The molecular formula is C22H29N3O3. The lowest BCUT2D eigenvalue weighted by atomic mass is 10.1. The minimum atomic E-state index is -0.0383. The average Bonchev–Trinajstić information content (AvgIpc) is 2.71. The number of piperazine rings is 1. The number of carbonyl (C=O) groups is 1. The van der Waals surface area contributed by atoms with Crippen molar-refractivity contribution in [2.24, 2.45) is 0 Å². The highest BCUT2D eigenvalue weighted by Gasteiger charge is 2.21. The van der Waals surface area contributed by atoms with Gasteiger partial charge in [0.25, 0.3) is 0 Å². The smallest absolute Gasteiger partial charge is 0.238 e. The summed E-state index contributed by atoms with van der Waals surface area (Å²) in [6.45, 7) is 8.25. The molecule has 0 saturated carbocycles. The first-order chi connectivity index (χ1) is 13.5. The van der Waals surface area contributed by atoms with Crippen LogP contribution in [0.5, 0.6) is 11.5 Å². The lowest BCUT2D eigenvalue weighted by molar-refractivity contribution is -0.117. The van der Waals surface area contributed by atoms with Gasteiger partial charge in [0.1, 0.15) is 11.5 Å². The molecule has 0 unspecified atom stereocenters. The summed E-state index contributed by atoms with van der Waals surface area (Å²) >= 11 is 0. The Labute approximate surface area is 167 Å². The molecule has 1 fully saturated rings. The largest absolute Gasteiger partial charge is 0.497 e. The maximum Gasteiger partial charge on any atom is 0.238 e. The summed E-state index contributed by atoms with van der Waals surface area (Å²) in [4.78, 5) is 17.1. The van der Waals surface area contributed by atoms with Crippen LogP contribution < -0.4 is 19.7 Å². The second-order valence-corrected chi connectivity index (χ2v) is 7.10. The van der Waals surface area contributed by atoms with E-state index in [1.54, 1.807) is 32.4 Å². The Morgan fingerprint density at radius 2 is 1.79 bits per heavy atom. The first-order valence-electron chi connectivity index (χ1n) is 9.57. The number of benzene rings is 2. The highest BCUT2D eigenvalue weighted by atomic mass is 16.5. The third kappa shape index (κ3) is 4.57. The van der Waals surface area contributed by atoms with Gasteiger partial charge in [0.2, 0.25) is 5.91 Å². The maximum absolute atomic E-state index is 12.5. The van der Waals surface area contributed by atoms with Crippen molar-refractivity contribution < 1.29 is 14.3 Å². The molecule has 0 bridgehead atoms. The fraction of sp³-hybridized carbons (Fsp3) is 0.409. The molecule has 1 aliphatic heterocycles. The minimum Gasteiger partial charge on any atom is -0.497 e. The number of carbonyl (C=O) groups excluding carboxylic acids is 1. The Bertz CT molecular complexity index is 830. The third-order valence-corrected chi connectivity index (χ3v) is 5.34. The zero-order valence-corrected chi connectivity index (χ0v) is 17.1. The number of nitrogens with one attached hydrogen (secondary N) is 1. The molecule has 0 radical (unpaired) electrons. The fourth-order valence-corrected chi connectivity index (χ4v) is 3.52. The highest BCUT2D eigenvalue weighted by Crippen LogP contribution is 2.29. The molecular weight excluding hydrogens is 354 g/mol. The van der Waals surface area contributed by atoms with Crippen LogP contribution in [0.2, 0.25) is 0 Å². The van der Waals surface area contributed by atoms with Crippen molar-refractivity contribution >= 4 is 17.3 Å². The minimum absolute atomic E-state index is 0.0383. The molecule has 1 heterocycles. The van der Waals surface area contributed by atoms with Crippen molar-refractivity contribution in [2.75, 3.05) is 57.2 Å². The summed E-state index contributed by atoms with van der Waals surface area (Å²) in [6, 6.07) is 11.8. The van der Waals surface area contributed by atoms with E-state index in [2.05, 4.69) is 47.2 Å². The Hall–Kier alpha value is -2.73.